The summed E-state index contributed by atoms with van der Waals surface area (Å²) in [5, 5.41) is 3.32. The number of nitrogens with one attached hydrogen (secondary N) is 2. The zero-order chi connectivity index (χ0) is 14.2. The van der Waals surface area contributed by atoms with Crippen LogP contribution in [0.3, 0.4) is 0 Å². The SMILES string of the molecule is C[C@@H]1Cc2cc(S(=O)(=O)NC[C@H]3CCCO3)ccc2N1. The van der Waals surface area contributed by atoms with E-state index in [0.717, 1.165) is 37.1 Å². The molecule has 0 saturated carbocycles. The van der Waals surface area contributed by atoms with Gasteiger partial charge in [0.05, 0.1) is 11.0 Å². The number of rotatable bonds is 4. The summed E-state index contributed by atoms with van der Waals surface area (Å²) < 4.78 is 32.6. The Morgan fingerprint density at radius 3 is 3.05 bits per heavy atom. The van der Waals surface area contributed by atoms with Crippen LogP contribution in [0, 0.1) is 0 Å². The van der Waals surface area contributed by atoms with Gasteiger partial charge in [0.2, 0.25) is 10.0 Å². The first-order valence-electron chi connectivity index (χ1n) is 7.05. The van der Waals surface area contributed by atoms with E-state index >= 15 is 0 Å². The molecule has 2 aliphatic heterocycles. The number of hydrogen-bond acceptors (Lipinski definition) is 4. The minimum atomic E-state index is -3.44. The second-order valence-corrected chi connectivity index (χ2v) is 7.32. The molecule has 1 saturated heterocycles. The highest BCUT2D eigenvalue weighted by Crippen LogP contribution is 2.28. The molecule has 3 rings (SSSR count). The van der Waals surface area contributed by atoms with Crippen molar-refractivity contribution in [3.8, 4) is 0 Å². The van der Waals surface area contributed by atoms with Crippen molar-refractivity contribution >= 4 is 15.7 Å². The third-order valence-corrected chi connectivity index (χ3v) is 5.26. The average Bonchev–Trinajstić information content (AvgIpc) is 3.03. The van der Waals surface area contributed by atoms with Gasteiger partial charge in [-0.3, -0.25) is 0 Å². The summed E-state index contributed by atoms with van der Waals surface area (Å²) >= 11 is 0. The van der Waals surface area contributed by atoms with Gasteiger partial charge in [0, 0.05) is 24.9 Å². The first-order chi connectivity index (χ1) is 9.54. The second kappa shape index (κ2) is 5.35. The molecule has 0 aromatic heterocycles. The molecule has 0 aliphatic carbocycles. The lowest BCUT2D eigenvalue weighted by Gasteiger charge is -2.12. The molecule has 2 atom stereocenters. The number of anilines is 1. The summed E-state index contributed by atoms with van der Waals surface area (Å²) in [6, 6.07) is 5.63. The molecule has 2 N–H and O–H groups in total. The van der Waals surface area contributed by atoms with E-state index in [9.17, 15) is 8.42 Å². The number of ether oxygens (including phenoxy) is 1. The maximum atomic E-state index is 12.3. The fraction of sp³-hybridized carbons (Fsp3) is 0.571. The van der Waals surface area contributed by atoms with Crippen LogP contribution in [-0.4, -0.2) is 33.7 Å². The van der Waals surface area contributed by atoms with Crippen molar-refractivity contribution in [1.29, 1.82) is 0 Å². The zero-order valence-electron chi connectivity index (χ0n) is 11.6. The molecule has 1 fully saturated rings. The Morgan fingerprint density at radius 2 is 2.30 bits per heavy atom. The van der Waals surface area contributed by atoms with Crippen LogP contribution >= 0.6 is 0 Å². The van der Waals surface area contributed by atoms with Gasteiger partial charge in [0.25, 0.3) is 0 Å². The number of hydrogen-bond donors (Lipinski definition) is 2. The van der Waals surface area contributed by atoms with Crippen LogP contribution in [0.2, 0.25) is 0 Å². The summed E-state index contributed by atoms with van der Waals surface area (Å²) in [7, 11) is -3.44. The van der Waals surface area contributed by atoms with E-state index < -0.39 is 10.0 Å². The molecule has 20 heavy (non-hydrogen) atoms. The fourth-order valence-electron chi connectivity index (χ4n) is 2.78. The average molecular weight is 296 g/mol. The van der Waals surface area contributed by atoms with Crippen molar-refractivity contribution in [3.63, 3.8) is 0 Å². The summed E-state index contributed by atoms with van der Waals surface area (Å²) in [6.45, 7) is 3.17. The number of sulfonamides is 1. The van der Waals surface area contributed by atoms with E-state index in [1.807, 2.05) is 6.07 Å². The lowest BCUT2D eigenvalue weighted by atomic mass is 10.1. The quantitative estimate of drug-likeness (QED) is 0.883. The molecule has 1 aromatic carbocycles. The Hall–Kier alpha value is -1.11. The molecule has 5 nitrogen and oxygen atoms in total. The molecule has 0 spiro atoms. The maximum absolute atomic E-state index is 12.3. The highest BCUT2D eigenvalue weighted by molar-refractivity contribution is 7.89. The Kier molecular flexibility index (Phi) is 3.70. The maximum Gasteiger partial charge on any atom is 0.240 e. The van der Waals surface area contributed by atoms with Crippen LogP contribution in [-0.2, 0) is 21.2 Å². The largest absolute Gasteiger partial charge is 0.382 e. The summed E-state index contributed by atoms with van der Waals surface area (Å²) in [5.74, 6) is 0. The summed E-state index contributed by atoms with van der Waals surface area (Å²) in [5.41, 5.74) is 2.10. The van der Waals surface area contributed by atoms with Crippen LogP contribution in [0.25, 0.3) is 0 Å². The Balaban J connectivity index is 1.72. The molecule has 0 bridgehead atoms. The first-order valence-corrected chi connectivity index (χ1v) is 8.54. The van der Waals surface area contributed by atoms with Gasteiger partial charge >= 0.3 is 0 Å². The lowest BCUT2D eigenvalue weighted by Crippen LogP contribution is -2.31. The molecule has 0 radical (unpaired) electrons. The third kappa shape index (κ3) is 2.82. The fourth-order valence-corrected chi connectivity index (χ4v) is 3.90. The molecule has 0 unspecified atom stereocenters. The van der Waals surface area contributed by atoms with Gasteiger partial charge in [-0.15, -0.1) is 0 Å². The van der Waals surface area contributed by atoms with Gasteiger partial charge in [-0.25, -0.2) is 13.1 Å². The van der Waals surface area contributed by atoms with E-state index in [0.29, 0.717) is 17.5 Å². The minimum Gasteiger partial charge on any atom is -0.382 e. The topological polar surface area (TPSA) is 67.4 Å². The Morgan fingerprint density at radius 1 is 1.45 bits per heavy atom. The molecule has 2 heterocycles. The van der Waals surface area contributed by atoms with Gasteiger partial charge in [0.15, 0.2) is 0 Å². The van der Waals surface area contributed by atoms with Crippen molar-refractivity contribution in [2.24, 2.45) is 0 Å². The smallest absolute Gasteiger partial charge is 0.240 e. The number of benzene rings is 1. The zero-order valence-corrected chi connectivity index (χ0v) is 12.4. The van der Waals surface area contributed by atoms with Crippen LogP contribution < -0.4 is 10.0 Å². The summed E-state index contributed by atoms with van der Waals surface area (Å²) in [6.07, 6.45) is 2.81. The molecule has 110 valence electrons. The van der Waals surface area contributed by atoms with E-state index in [4.69, 9.17) is 4.74 Å². The Labute approximate surface area is 119 Å². The molecule has 6 heteroatoms. The van der Waals surface area contributed by atoms with Gasteiger partial charge in [-0.1, -0.05) is 0 Å². The molecular weight excluding hydrogens is 276 g/mol. The standard InChI is InChI=1S/C14H20N2O3S/c1-10-7-11-8-13(4-5-14(11)16-10)20(17,18)15-9-12-3-2-6-19-12/h4-5,8,10,12,15-16H,2-3,6-7,9H2,1H3/t10-,12-/m1/s1. The van der Waals surface area contributed by atoms with Gasteiger partial charge in [-0.2, -0.15) is 0 Å². The van der Waals surface area contributed by atoms with Crippen LogP contribution in [0.5, 0.6) is 0 Å². The highest BCUT2D eigenvalue weighted by atomic mass is 32.2. The van der Waals surface area contributed by atoms with Crippen molar-refractivity contribution in [2.75, 3.05) is 18.5 Å². The van der Waals surface area contributed by atoms with Crippen molar-refractivity contribution < 1.29 is 13.2 Å². The molecule has 1 aromatic rings. The molecule has 0 amide bonds. The molecular formula is C14H20N2O3S. The van der Waals surface area contributed by atoms with E-state index in [-0.39, 0.29) is 6.10 Å². The second-order valence-electron chi connectivity index (χ2n) is 5.56. The van der Waals surface area contributed by atoms with Gasteiger partial charge in [0.1, 0.15) is 0 Å². The highest BCUT2D eigenvalue weighted by Gasteiger charge is 2.23. The van der Waals surface area contributed by atoms with Crippen molar-refractivity contribution in [2.45, 2.75) is 43.2 Å². The monoisotopic (exact) mass is 296 g/mol. The van der Waals surface area contributed by atoms with Crippen LogP contribution in [0.1, 0.15) is 25.3 Å². The van der Waals surface area contributed by atoms with Crippen molar-refractivity contribution in [1.82, 2.24) is 4.72 Å². The predicted molar refractivity (Wildman–Crippen MR) is 77.4 cm³/mol. The third-order valence-electron chi connectivity index (χ3n) is 3.84. The lowest BCUT2D eigenvalue weighted by molar-refractivity contribution is 0.114. The first kappa shape index (κ1) is 13.9. The normalized spacial score (nSPS) is 25.4. The molecule has 2 aliphatic rings. The number of fused-ring (bicyclic) bond motifs is 1. The van der Waals surface area contributed by atoms with Crippen LogP contribution in [0.4, 0.5) is 5.69 Å². The minimum absolute atomic E-state index is 0.0147. The Bertz CT molecular complexity index is 594. The van der Waals surface area contributed by atoms with Crippen LogP contribution in [0.15, 0.2) is 23.1 Å². The summed E-state index contributed by atoms with van der Waals surface area (Å²) in [4.78, 5) is 0.338. The van der Waals surface area contributed by atoms with Gasteiger partial charge < -0.3 is 10.1 Å². The van der Waals surface area contributed by atoms with E-state index in [1.54, 1.807) is 12.1 Å². The van der Waals surface area contributed by atoms with E-state index in [1.165, 1.54) is 0 Å². The van der Waals surface area contributed by atoms with Crippen molar-refractivity contribution in [3.05, 3.63) is 23.8 Å². The van der Waals surface area contributed by atoms with Gasteiger partial charge in [-0.05, 0) is 49.9 Å². The van der Waals surface area contributed by atoms with E-state index in [2.05, 4.69) is 17.0 Å². The predicted octanol–water partition coefficient (Wildman–Crippen LogP) is 1.50.